The van der Waals surface area contributed by atoms with Crippen molar-refractivity contribution in [3.05, 3.63) is 0 Å². The fourth-order valence-corrected chi connectivity index (χ4v) is 1.69. The molecule has 0 aliphatic rings. The summed E-state index contributed by atoms with van der Waals surface area (Å²) in [6, 6.07) is 0.510. The summed E-state index contributed by atoms with van der Waals surface area (Å²) >= 11 is 0. The number of ether oxygens (including phenoxy) is 1. The van der Waals surface area contributed by atoms with Gasteiger partial charge in [0, 0.05) is 26.2 Å². The van der Waals surface area contributed by atoms with Gasteiger partial charge in [0.25, 0.3) is 0 Å². The Kier molecular flexibility index (Phi) is 10.3. The molecule has 0 amide bonds. The van der Waals surface area contributed by atoms with E-state index >= 15 is 0 Å². The number of nitrogens with one attached hydrogen (secondary N) is 1. The van der Waals surface area contributed by atoms with Crippen molar-refractivity contribution in [2.75, 3.05) is 39.9 Å². The first-order chi connectivity index (χ1) is 7.28. The molecule has 15 heavy (non-hydrogen) atoms. The van der Waals surface area contributed by atoms with Gasteiger partial charge in [-0.1, -0.05) is 20.8 Å². The standard InChI is InChI=1S/C12H28N2O/c1-5-9-14(7-3)10-8-13-12(6-2)11-15-4/h12-13H,5-11H2,1-4H3. The third-order valence-corrected chi connectivity index (χ3v) is 2.71. The second kappa shape index (κ2) is 10.4. The molecule has 92 valence electrons. The van der Waals surface area contributed by atoms with Gasteiger partial charge in [-0.3, -0.25) is 0 Å². The van der Waals surface area contributed by atoms with Gasteiger partial charge >= 0.3 is 0 Å². The minimum atomic E-state index is 0.510. The van der Waals surface area contributed by atoms with Crippen LogP contribution in [-0.2, 0) is 4.74 Å². The lowest BCUT2D eigenvalue weighted by atomic mass is 10.2. The largest absolute Gasteiger partial charge is 0.383 e. The van der Waals surface area contributed by atoms with Crippen LogP contribution >= 0.6 is 0 Å². The average molecular weight is 216 g/mol. The highest BCUT2D eigenvalue weighted by atomic mass is 16.5. The summed E-state index contributed by atoms with van der Waals surface area (Å²) in [6.07, 6.45) is 2.37. The number of likely N-dealkylation sites (N-methyl/N-ethyl adjacent to an activating group) is 1. The highest BCUT2D eigenvalue weighted by Gasteiger charge is 2.05. The number of nitrogens with zero attached hydrogens (tertiary/aromatic N) is 1. The van der Waals surface area contributed by atoms with E-state index in [1.54, 1.807) is 7.11 Å². The Morgan fingerprint density at radius 2 is 1.93 bits per heavy atom. The summed E-state index contributed by atoms with van der Waals surface area (Å²) in [5, 5.41) is 3.53. The monoisotopic (exact) mass is 216 g/mol. The van der Waals surface area contributed by atoms with Gasteiger partial charge in [0.2, 0.25) is 0 Å². The van der Waals surface area contributed by atoms with Crippen LogP contribution in [0.5, 0.6) is 0 Å². The first-order valence-electron chi connectivity index (χ1n) is 6.23. The zero-order valence-electron chi connectivity index (χ0n) is 10.9. The molecular formula is C12H28N2O. The number of hydrogen-bond donors (Lipinski definition) is 1. The van der Waals surface area contributed by atoms with Crippen molar-refractivity contribution in [2.45, 2.75) is 39.7 Å². The van der Waals surface area contributed by atoms with E-state index in [0.29, 0.717) is 6.04 Å². The van der Waals surface area contributed by atoms with Crippen LogP contribution < -0.4 is 5.32 Å². The molecule has 1 atom stereocenters. The Balaban J connectivity index is 3.55. The Hall–Kier alpha value is -0.120. The molecule has 0 radical (unpaired) electrons. The molecule has 0 fully saturated rings. The minimum absolute atomic E-state index is 0.510. The number of rotatable bonds is 10. The van der Waals surface area contributed by atoms with Crippen LogP contribution in [0, 0.1) is 0 Å². The summed E-state index contributed by atoms with van der Waals surface area (Å²) in [5.41, 5.74) is 0. The van der Waals surface area contributed by atoms with Crippen LogP contribution in [-0.4, -0.2) is 50.8 Å². The highest BCUT2D eigenvalue weighted by molar-refractivity contribution is 4.65. The topological polar surface area (TPSA) is 24.5 Å². The van der Waals surface area contributed by atoms with E-state index in [4.69, 9.17) is 4.74 Å². The summed E-state index contributed by atoms with van der Waals surface area (Å²) in [4.78, 5) is 2.48. The van der Waals surface area contributed by atoms with Crippen LogP contribution in [0.4, 0.5) is 0 Å². The van der Waals surface area contributed by atoms with Gasteiger partial charge in [0.15, 0.2) is 0 Å². The maximum Gasteiger partial charge on any atom is 0.0615 e. The third kappa shape index (κ3) is 7.77. The second-order valence-corrected chi connectivity index (χ2v) is 3.95. The van der Waals surface area contributed by atoms with Crippen LogP contribution in [0.1, 0.15) is 33.6 Å². The third-order valence-electron chi connectivity index (χ3n) is 2.71. The smallest absolute Gasteiger partial charge is 0.0615 e. The van der Waals surface area contributed by atoms with Crippen LogP contribution in [0.15, 0.2) is 0 Å². The van der Waals surface area contributed by atoms with Crippen molar-refractivity contribution in [2.24, 2.45) is 0 Å². The lowest BCUT2D eigenvalue weighted by Gasteiger charge is -2.22. The molecule has 0 bridgehead atoms. The molecule has 3 heteroatoms. The molecule has 0 aliphatic heterocycles. The SMILES string of the molecule is CCCN(CC)CCNC(CC)COC. The first-order valence-corrected chi connectivity index (χ1v) is 6.23. The van der Waals surface area contributed by atoms with Gasteiger partial charge in [-0.2, -0.15) is 0 Å². The van der Waals surface area contributed by atoms with Crippen LogP contribution in [0.25, 0.3) is 0 Å². The highest BCUT2D eigenvalue weighted by Crippen LogP contribution is 1.93. The van der Waals surface area contributed by atoms with Gasteiger partial charge in [-0.05, 0) is 25.9 Å². The van der Waals surface area contributed by atoms with E-state index in [1.165, 1.54) is 13.0 Å². The van der Waals surface area contributed by atoms with E-state index in [2.05, 4.69) is 31.0 Å². The molecule has 0 aromatic carbocycles. The molecule has 0 rings (SSSR count). The normalized spacial score (nSPS) is 13.4. The molecule has 0 saturated heterocycles. The fourth-order valence-electron chi connectivity index (χ4n) is 1.69. The van der Waals surface area contributed by atoms with Crippen molar-refractivity contribution >= 4 is 0 Å². The van der Waals surface area contributed by atoms with Crippen LogP contribution in [0.2, 0.25) is 0 Å². The van der Waals surface area contributed by atoms with E-state index in [1.807, 2.05) is 0 Å². The van der Waals surface area contributed by atoms with Crippen molar-refractivity contribution in [3.63, 3.8) is 0 Å². The molecule has 3 nitrogen and oxygen atoms in total. The van der Waals surface area contributed by atoms with Crippen molar-refractivity contribution in [3.8, 4) is 0 Å². The van der Waals surface area contributed by atoms with Crippen molar-refractivity contribution < 1.29 is 4.74 Å². The predicted octanol–water partition coefficient (Wildman–Crippen LogP) is 1.73. The summed E-state index contributed by atoms with van der Waals surface area (Å²) in [6.45, 7) is 12.0. The molecule has 0 aromatic rings. The molecule has 0 aromatic heterocycles. The van der Waals surface area contributed by atoms with E-state index in [0.717, 1.165) is 32.7 Å². The Bertz CT molecular complexity index is 117. The van der Waals surface area contributed by atoms with Gasteiger partial charge in [0.05, 0.1) is 6.61 Å². The summed E-state index contributed by atoms with van der Waals surface area (Å²) in [5.74, 6) is 0. The van der Waals surface area contributed by atoms with Crippen molar-refractivity contribution in [1.82, 2.24) is 10.2 Å². The second-order valence-electron chi connectivity index (χ2n) is 3.95. The van der Waals surface area contributed by atoms with Gasteiger partial charge in [-0.15, -0.1) is 0 Å². The Morgan fingerprint density at radius 3 is 2.40 bits per heavy atom. The minimum Gasteiger partial charge on any atom is -0.383 e. The van der Waals surface area contributed by atoms with Gasteiger partial charge in [0.1, 0.15) is 0 Å². The summed E-state index contributed by atoms with van der Waals surface area (Å²) in [7, 11) is 1.76. The fraction of sp³-hybridized carbons (Fsp3) is 1.00. The quantitative estimate of drug-likeness (QED) is 0.602. The number of hydrogen-bond acceptors (Lipinski definition) is 3. The maximum atomic E-state index is 5.15. The van der Waals surface area contributed by atoms with Crippen molar-refractivity contribution in [1.29, 1.82) is 0 Å². The van der Waals surface area contributed by atoms with E-state index < -0.39 is 0 Å². The molecule has 1 unspecified atom stereocenters. The molecule has 0 aliphatic carbocycles. The zero-order chi connectivity index (χ0) is 11.5. The maximum absolute atomic E-state index is 5.15. The molecule has 1 N–H and O–H groups in total. The lowest BCUT2D eigenvalue weighted by molar-refractivity contribution is 0.161. The predicted molar refractivity (Wildman–Crippen MR) is 66.4 cm³/mol. The summed E-state index contributed by atoms with van der Waals surface area (Å²) < 4.78 is 5.15. The molecule has 0 saturated carbocycles. The van der Waals surface area contributed by atoms with Gasteiger partial charge in [-0.25, -0.2) is 0 Å². The molecular weight excluding hydrogens is 188 g/mol. The average Bonchev–Trinajstić information content (AvgIpc) is 2.26. The molecule has 0 spiro atoms. The van der Waals surface area contributed by atoms with Crippen LogP contribution in [0.3, 0.4) is 0 Å². The van der Waals surface area contributed by atoms with E-state index in [9.17, 15) is 0 Å². The molecule has 0 heterocycles. The lowest BCUT2D eigenvalue weighted by Crippen LogP contribution is -2.39. The first kappa shape index (κ1) is 14.9. The Morgan fingerprint density at radius 1 is 1.20 bits per heavy atom. The Labute approximate surface area is 95.2 Å². The van der Waals surface area contributed by atoms with E-state index in [-0.39, 0.29) is 0 Å². The van der Waals surface area contributed by atoms with Gasteiger partial charge < -0.3 is 15.0 Å². The zero-order valence-corrected chi connectivity index (χ0v) is 10.9. The number of methoxy groups -OCH3 is 1.